The number of carbonyl (C=O) groups excluding carboxylic acids is 1. The van der Waals surface area contributed by atoms with E-state index in [4.69, 9.17) is 0 Å². The number of hydrogen-bond donors (Lipinski definition) is 3. The Kier molecular flexibility index (Phi) is 6.36. The Labute approximate surface area is 130 Å². The second-order valence-corrected chi connectivity index (χ2v) is 7.36. The summed E-state index contributed by atoms with van der Waals surface area (Å²) in [4.78, 5) is 23.7. The molecule has 1 saturated carbocycles. The minimum absolute atomic E-state index is 0.0279. The normalized spacial score (nSPS) is 25.8. The van der Waals surface area contributed by atoms with Crippen molar-refractivity contribution < 1.29 is 14.7 Å². The van der Waals surface area contributed by atoms with Gasteiger partial charge in [-0.25, -0.2) is 0 Å². The summed E-state index contributed by atoms with van der Waals surface area (Å²) in [5.41, 5.74) is -0.749. The van der Waals surface area contributed by atoms with Crippen LogP contribution in [-0.2, 0) is 9.59 Å². The highest BCUT2D eigenvalue weighted by Crippen LogP contribution is 2.34. The number of aliphatic carboxylic acids is 1. The van der Waals surface area contributed by atoms with Gasteiger partial charge in [0.25, 0.3) is 0 Å². The smallest absolute Gasteiger partial charge is 0.311 e. The molecule has 0 aromatic carbocycles. The molecule has 1 atom stereocenters. The second kappa shape index (κ2) is 8.03. The van der Waals surface area contributed by atoms with Crippen molar-refractivity contribution in [3.8, 4) is 0 Å². The third kappa shape index (κ3) is 4.88. The van der Waals surface area contributed by atoms with Gasteiger partial charge in [0.15, 0.2) is 0 Å². The molecule has 0 radical (unpaired) electrons. The summed E-state index contributed by atoms with van der Waals surface area (Å²) < 4.78 is 0. The summed E-state index contributed by atoms with van der Waals surface area (Å²) in [6.45, 7) is 1.22. The van der Waals surface area contributed by atoms with E-state index in [1.807, 2.05) is 11.8 Å². The van der Waals surface area contributed by atoms with Crippen LogP contribution in [0.1, 0.15) is 44.9 Å². The van der Waals surface area contributed by atoms with Gasteiger partial charge in [0.1, 0.15) is 0 Å². The first-order chi connectivity index (χ1) is 10.1. The van der Waals surface area contributed by atoms with Crippen molar-refractivity contribution in [2.24, 2.45) is 5.41 Å². The van der Waals surface area contributed by atoms with Gasteiger partial charge in [-0.05, 0) is 12.8 Å². The lowest BCUT2D eigenvalue weighted by atomic mass is 9.80. The molecule has 1 saturated heterocycles. The Balaban J connectivity index is 1.83. The number of amides is 1. The molecule has 3 N–H and O–H groups in total. The van der Waals surface area contributed by atoms with Crippen LogP contribution in [-0.4, -0.2) is 47.6 Å². The number of thioether (sulfide) groups is 1. The summed E-state index contributed by atoms with van der Waals surface area (Å²) in [6, 6.07) is 0.221. The minimum atomic E-state index is -0.754. The molecule has 5 nitrogen and oxygen atoms in total. The molecule has 1 heterocycles. The van der Waals surface area contributed by atoms with E-state index in [-0.39, 0.29) is 18.5 Å². The van der Waals surface area contributed by atoms with Crippen molar-refractivity contribution in [3.63, 3.8) is 0 Å². The number of carboxylic acids is 1. The molecule has 0 aromatic rings. The first-order valence-corrected chi connectivity index (χ1v) is 9.09. The molecule has 0 bridgehead atoms. The van der Waals surface area contributed by atoms with Crippen LogP contribution in [0.5, 0.6) is 0 Å². The van der Waals surface area contributed by atoms with Gasteiger partial charge in [-0.3, -0.25) is 9.59 Å². The number of hydrogen-bond acceptors (Lipinski definition) is 4. The predicted molar refractivity (Wildman–Crippen MR) is 84.5 cm³/mol. The molecular weight excluding hydrogens is 288 g/mol. The second-order valence-electron chi connectivity index (χ2n) is 6.21. The summed E-state index contributed by atoms with van der Waals surface area (Å²) >= 11 is 1.86. The van der Waals surface area contributed by atoms with Crippen LogP contribution in [0.3, 0.4) is 0 Å². The number of carbonyl (C=O) groups is 2. The first kappa shape index (κ1) is 16.6. The molecule has 0 spiro atoms. The highest BCUT2D eigenvalue weighted by atomic mass is 32.2. The van der Waals surface area contributed by atoms with Crippen molar-refractivity contribution in [2.75, 3.05) is 24.6 Å². The van der Waals surface area contributed by atoms with Gasteiger partial charge in [0.2, 0.25) is 5.91 Å². The lowest BCUT2D eigenvalue weighted by Gasteiger charge is -2.29. The van der Waals surface area contributed by atoms with Crippen LogP contribution >= 0.6 is 11.8 Å². The van der Waals surface area contributed by atoms with E-state index in [0.717, 1.165) is 43.7 Å². The Morgan fingerprint density at radius 2 is 1.95 bits per heavy atom. The average molecular weight is 314 g/mol. The van der Waals surface area contributed by atoms with Gasteiger partial charge in [0, 0.05) is 37.1 Å². The third-order valence-corrected chi connectivity index (χ3v) is 5.70. The maximum Gasteiger partial charge on any atom is 0.311 e. The van der Waals surface area contributed by atoms with E-state index in [1.165, 1.54) is 0 Å². The van der Waals surface area contributed by atoms with Crippen molar-refractivity contribution in [1.82, 2.24) is 10.6 Å². The highest BCUT2D eigenvalue weighted by Gasteiger charge is 2.38. The largest absolute Gasteiger partial charge is 0.481 e. The molecule has 1 amide bonds. The third-order valence-electron chi connectivity index (χ3n) is 4.57. The Hall–Kier alpha value is -0.750. The van der Waals surface area contributed by atoms with Gasteiger partial charge < -0.3 is 15.7 Å². The highest BCUT2D eigenvalue weighted by molar-refractivity contribution is 7.99. The van der Waals surface area contributed by atoms with Crippen molar-refractivity contribution >= 4 is 23.6 Å². The fourth-order valence-corrected chi connectivity index (χ4v) is 4.14. The van der Waals surface area contributed by atoms with Crippen molar-refractivity contribution in [3.05, 3.63) is 0 Å². The molecular formula is C15H26N2O3S. The summed E-state index contributed by atoms with van der Waals surface area (Å²) in [5.74, 6) is 1.27. The standard InChI is InChI=1S/C15H26N2O3S/c18-13(9-12-10-21-8-7-16-12)17-11-15(14(19)20)5-3-1-2-4-6-15/h12,16H,1-11H2,(H,17,18)(H,19,20). The Bertz CT molecular complexity index is 362. The summed E-state index contributed by atoms with van der Waals surface area (Å²) in [6.07, 6.45) is 5.91. The molecule has 6 heteroatoms. The van der Waals surface area contributed by atoms with Crippen LogP contribution < -0.4 is 10.6 Å². The first-order valence-electron chi connectivity index (χ1n) is 7.94. The molecule has 21 heavy (non-hydrogen) atoms. The van der Waals surface area contributed by atoms with Crippen LogP contribution in [0, 0.1) is 5.41 Å². The van der Waals surface area contributed by atoms with Crippen LogP contribution in [0.2, 0.25) is 0 Å². The maximum absolute atomic E-state index is 12.1. The van der Waals surface area contributed by atoms with Crippen molar-refractivity contribution in [1.29, 1.82) is 0 Å². The van der Waals surface area contributed by atoms with E-state index in [1.54, 1.807) is 0 Å². The minimum Gasteiger partial charge on any atom is -0.481 e. The van der Waals surface area contributed by atoms with Crippen LogP contribution in [0.15, 0.2) is 0 Å². The zero-order valence-electron chi connectivity index (χ0n) is 12.5. The number of nitrogens with one attached hydrogen (secondary N) is 2. The van der Waals surface area contributed by atoms with E-state index in [9.17, 15) is 14.7 Å². The molecule has 1 aliphatic carbocycles. The lowest BCUT2D eigenvalue weighted by Crippen LogP contribution is -2.46. The maximum atomic E-state index is 12.1. The van der Waals surface area contributed by atoms with E-state index >= 15 is 0 Å². The fourth-order valence-electron chi connectivity index (χ4n) is 3.19. The summed E-state index contributed by atoms with van der Waals surface area (Å²) in [7, 11) is 0. The van der Waals surface area contributed by atoms with Crippen molar-refractivity contribution in [2.45, 2.75) is 51.0 Å². The number of rotatable bonds is 5. The van der Waals surface area contributed by atoms with Crippen LogP contribution in [0.25, 0.3) is 0 Å². The van der Waals surface area contributed by atoms with Gasteiger partial charge in [0.05, 0.1) is 5.41 Å². The molecule has 0 aromatic heterocycles. The quantitative estimate of drug-likeness (QED) is 0.672. The molecule has 120 valence electrons. The monoisotopic (exact) mass is 314 g/mol. The zero-order valence-corrected chi connectivity index (χ0v) is 13.3. The van der Waals surface area contributed by atoms with Gasteiger partial charge >= 0.3 is 5.97 Å². The van der Waals surface area contributed by atoms with E-state index < -0.39 is 11.4 Å². The molecule has 2 aliphatic rings. The fraction of sp³-hybridized carbons (Fsp3) is 0.867. The summed E-state index contributed by atoms with van der Waals surface area (Å²) in [5, 5.41) is 15.8. The average Bonchev–Trinajstić information content (AvgIpc) is 2.73. The predicted octanol–water partition coefficient (Wildman–Crippen LogP) is 1.62. The zero-order chi connectivity index (χ0) is 15.1. The SMILES string of the molecule is O=C(CC1CSCCN1)NCC1(C(=O)O)CCCCCC1. The Morgan fingerprint density at radius 3 is 2.52 bits per heavy atom. The van der Waals surface area contributed by atoms with Gasteiger partial charge in [-0.1, -0.05) is 25.7 Å². The molecule has 1 unspecified atom stereocenters. The number of carboxylic acid groups (broad SMARTS) is 1. The van der Waals surface area contributed by atoms with Gasteiger partial charge in [-0.15, -0.1) is 0 Å². The molecule has 1 aliphatic heterocycles. The molecule has 2 fully saturated rings. The van der Waals surface area contributed by atoms with E-state index in [2.05, 4.69) is 10.6 Å². The van der Waals surface area contributed by atoms with Crippen LogP contribution in [0.4, 0.5) is 0 Å². The molecule has 2 rings (SSSR count). The topological polar surface area (TPSA) is 78.4 Å². The van der Waals surface area contributed by atoms with E-state index in [0.29, 0.717) is 19.3 Å². The Morgan fingerprint density at radius 1 is 1.24 bits per heavy atom. The lowest BCUT2D eigenvalue weighted by molar-refractivity contribution is -0.149. The van der Waals surface area contributed by atoms with Gasteiger partial charge in [-0.2, -0.15) is 11.8 Å².